The molecule has 2 nitrogen and oxygen atoms in total. The van der Waals surface area contributed by atoms with Gasteiger partial charge in [0, 0.05) is 13.2 Å². The summed E-state index contributed by atoms with van der Waals surface area (Å²) in [6.45, 7) is 7.11. The fourth-order valence-electron chi connectivity index (χ4n) is 2.35. The first-order chi connectivity index (χ1) is 8.35. The van der Waals surface area contributed by atoms with Crippen LogP contribution in [-0.4, -0.2) is 19.8 Å². The van der Waals surface area contributed by atoms with Crippen LogP contribution in [-0.2, 0) is 4.74 Å². The highest BCUT2D eigenvalue weighted by molar-refractivity contribution is 4.58. The Kier molecular flexibility index (Phi) is 13.9. The third-order valence-electron chi connectivity index (χ3n) is 3.29. The second-order valence-electron chi connectivity index (χ2n) is 5.05. The second-order valence-corrected chi connectivity index (χ2v) is 5.05. The molecule has 0 aliphatic rings. The van der Waals surface area contributed by atoms with Crippen molar-refractivity contribution >= 4 is 0 Å². The van der Waals surface area contributed by atoms with Crippen molar-refractivity contribution in [2.45, 2.75) is 71.6 Å². The monoisotopic (exact) mass is 243 g/mol. The lowest BCUT2D eigenvalue weighted by Gasteiger charge is -2.14. The lowest BCUT2D eigenvalue weighted by atomic mass is 9.92. The number of nitrogens with two attached hydrogens (primary N) is 1. The second kappa shape index (κ2) is 14.0. The zero-order valence-corrected chi connectivity index (χ0v) is 12.0. The van der Waals surface area contributed by atoms with Gasteiger partial charge >= 0.3 is 0 Å². The van der Waals surface area contributed by atoms with E-state index in [1.54, 1.807) is 0 Å². The smallest absolute Gasteiger partial charge is 0.0478 e. The summed E-state index contributed by atoms with van der Waals surface area (Å²) < 4.78 is 5.50. The van der Waals surface area contributed by atoms with Gasteiger partial charge < -0.3 is 10.5 Å². The fourth-order valence-corrected chi connectivity index (χ4v) is 2.35. The van der Waals surface area contributed by atoms with E-state index in [0.717, 1.165) is 32.1 Å². The average molecular weight is 243 g/mol. The van der Waals surface area contributed by atoms with Crippen LogP contribution in [0.1, 0.15) is 71.6 Å². The Balaban J connectivity index is 3.23. The maximum absolute atomic E-state index is 5.50. The Labute approximate surface area is 108 Å². The number of hydrogen-bond donors (Lipinski definition) is 1. The molecule has 2 N–H and O–H groups in total. The predicted molar refractivity (Wildman–Crippen MR) is 76.3 cm³/mol. The van der Waals surface area contributed by atoms with E-state index in [1.807, 2.05) is 0 Å². The summed E-state index contributed by atoms with van der Waals surface area (Å²) in [7, 11) is 0. The first-order valence-electron chi connectivity index (χ1n) is 7.62. The van der Waals surface area contributed by atoms with Gasteiger partial charge in [-0.05, 0) is 25.3 Å². The van der Waals surface area contributed by atoms with Gasteiger partial charge in [-0.25, -0.2) is 0 Å². The summed E-state index contributed by atoms with van der Waals surface area (Å²) >= 11 is 0. The van der Waals surface area contributed by atoms with Gasteiger partial charge in [0.1, 0.15) is 0 Å². The van der Waals surface area contributed by atoms with Crippen LogP contribution in [0.15, 0.2) is 0 Å². The van der Waals surface area contributed by atoms with Crippen LogP contribution in [0, 0.1) is 5.92 Å². The Morgan fingerprint density at radius 1 is 0.824 bits per heavy atom. The summed E-state index contributed by atoms with van der Waals surface area (Å²) in [5.74, 6) is 0.975. The molecule has 0 atom stereocenters. The SMILES string of the molecule is CCCC(CCC)CCCCCOCCCN. The minimum absolute atomic E-state index is 0.746. The van der Waals surface area contributed by atoms with E-state index in [9.17, 15) is 0 Å². The molecule has 17 heavy (non-hydrogen) atoms. The van der Waals surface area contributed by atoms with E-state index in [0.29, 0.717) is 0 Å². The molecular weight excluding hydrogens is 210 g/mol. The van der Waals surface area contributed by atoms with Crippen molar-refractivity contribution in [2.75, 3.05) is 19.8 Å². The molecule has 0 fully saturated rings. The van der Waals surface area contributed by atoms with Crippen molar-refractivity contribution in [3.63, 3.8) is 0 Å². The van der Waals surface area contributed by atoms with E-state index >= 15 is 0 Å². The highest BCUT2D eigenvalue weighted by Crippen LogP contribution is 2.20. The number of hydrogen-bond acceptors (Lipinski definition) is 2. The van der Waals surface area contributed by atoms with Crippen LogP contribution in [0.2, 0.25) is 0 Å². The number of rotatable bonds is 13. The number of ether oxygens (including phenoxy) is 1. The van der Waals surface area contributed by atoms with Gasteiger partial charge in [-0.15, -0.1) is 0 Å². The molecule has 0 aromatic rings. The lowest BCUT2D eigenvalue weighted by molar-refractivity contribution is 0.128. The minimum atomic E-state index is 0.746. The topological polar surface area (TPSA) is 35.2 Å². The van der Waals surface area contributed by atoms with E-state index < -0.39 is 0 Å². The summed E-state index contributed by atoms with van der Waals surface area (Å²) in [4.78, 5) is 0. The highest BCUT2D eigenvalue weighted by atomic mass is 16.5. The van der Waals surface area contributed by atoms with E-state index in [2.05, 4.69) is 13.8 Å². The summed E-state index contributed by atoms with van der Waals surface area (Å²) in [5, 5.41) is 0. The molecule has 0 radical (unpaired) electrons. The minimum Gasteiger partial charge on any atom is -0.381 e. The van der Waals surface area contributed by atoms with E-state index in [-0.39, 0.29) is 0 Å². The Bertz CT molecular complexity index is 133. The van der Waals surface area contributed by atoms with Crippen molar-refractivity contribution in [1.82, 2.24) is 0 Å². The molecule has 0 saturated carbocycles. The zero-order valence-electron chi connectivity index (χ0n) is 12.0. The van der Waals surface area contributed by atoms with Crippen LogP contribution in [0.25, 0.3) is 0 Å². The quantitative estimate of drug-likeness (QED) is 0.494. The van der Waals surface area contributed by atoms with Crippen molar-refractivity contribution in [1.29, 1.82) is 0 Å². The van der Waals surface area contributed by atoms with E-state index in [1.165, 1.54) is 51.4 Å². The molecule has 0 amide bonds. The Hall–Kier alpha value is -0.0800. The molecule has 0 rings (SSSR count). The molecule has 2 heteroatoms. The molecular formula is C15H33NO. The van der Waals surface area contributed by atoms with Crippen LogP contribution in [0.5, 0.6) is 0 Å². The number of unbranched alkanes of at least 4 members (excludes halogenated alkanes) is 2. The van der Waals surface area contributed by atoms with Gasteiger partial charge in [-0.1, -0.05) is 58.8 Å². The normalized spacial score (nSPS) is 11.3. The molecule has 104 valence electrons. The maximum Gasteiger partial charge on any atom is 0.0478 e. The summed E-state index contributed by atoms with van der Waals surface area (Å²) in [5.41, 5.74) is 5.40. The molecule has 0 heterocycles. The molecule has 0 aliphatic heterocycles. The van der Waals surface area contributed by atoms with Crippen LogP contribution in [0.4, 0.5) is 0 Å². The van der Waals surface area contributed by atoms with E-state index in [4.69, 9.17) is 10.5 Å². The highest BCUT2D eigenvalue weighted by Gasteiger charge is 2.05. The average Bonchev–Trinajstić information content (AvgIpc) is 2.33. The van der Waals surface area contributed by atoms with Crippen molar-refractivity contribution in [3.05, 3.63) is 0 Å². The Morgan fingerprint density at radius 3 is 2.06 bits per heavy atom. The molecule has 0 saturated heterocycles. The lowest BCUT2D eigenvalue weighted by Crippen LogP contribution is -2.05. The third kappa shape index (κ3) is 12.2. The fraction of sp³-hybridized carbons (Fsp3) is 1.00. The van der Waals surface area contributed by atoms with Gasteiger partial charge in [0.25, 0.3) is 0 Å². The maximum atomic E-state index is 5.50. The molecule has 0 spiro atoms. The molecule has 0 aromatic heterocycles. The van der Waals surface area contributed by atoms with Crippen molar-refractivity contribution < 1.29 is 4.74 Å². The first-order valence-corrected chi connectivity index (χ1v) is 7.62. The van der Waals surface area contributed by atoms with Gasteiger partial charge in [0.05, 0.1) is 0 Å². The molecule has 0 unspecified atom stereocenters. The van der Waals surface area contributed by atoms with Crippen LogP contribution < -0.4 is 5.73 Å². The zero-order chi connectivity index (χ0) is 12.8. The van der Waals surface area contributed by atoms with Crippen molar-refractivity contribution in [3.8, 4) is 0 Å². The van der Waals surface area contributed by atoms with Crippen LogP contribution >= 0.6 is 0 Å². The van der Waals surface area contributed by atoms with Gasteiger partial charge in [-0.2, -0.15) is 0 Å². The predicted octanol–water partition coefficient (Wildman–Crippen LogP) is 4.13. The Morgan fingerprint density at radius 2 is 1.47 bits per heavy atom. The summed E-state index contributed by atoms with van der Waals surface area (Å²) in [6.07, 6.45) is 11.9. The first kappa shape index (κ1) is 16.9. The van der Waals surface area contributed by atoms with Crippen LogP contribution in [0.3, 0.4) is 0 Å². The molecule has 0 aromatic carbocycles. The molecule has 0 bridgehead atoms. The largest absolute Gasteiger partial charge is 0.381 e. The summed E-state index contributed by atoms with van der Waals surface area (Å²) in [6, 6.07) is 0. The van der Waals surface area contributed by atoms with Gasteiger partial charge in [0.15, 0.2) is 0 Å². The van der Waals surface area contributed by atoms with Gasteiger partial charge in [0.2, 0.25) is 0 Å². The molecule has 0 aliphatic carbocycles. The standard InChI is InChI=1S/C15H33NO/c1-3-9-15(10-4-2)11-6-5-7-13-17-14-8-12-16/h15H,3-14,16H2,1-2H3. The van der Waals surface area contributed by atoms with Gasteiger partial charge in [-0.3, -0.25) is 0 Å². The van der Waals surface area contributed by atoms with Crippen molar-refractivity contribution in [2.24, 2.45) is 11.7 Å². The third-order valence-corrected chi connectivity index (χ3v) is 3.29.